The molecule has 0 bridgehead atoms. The number of anilines is 2. The second kappa shape index (κ2) is 7.98. The van der Waals surface area contributed by atoms with E-state index >= 15 is 0 Å². The molecule has 142 valence electrons. The molecule has 0 saturated carbocycles. The van der Waals surface area contributed by atoms with Gasteiger partial charge in [-0.3, -0.25) is 9.59 Å². The van der Waals surface area contributed by atoms with Gasteiger partial charge in [-0.1, -0.05) is 28.1 Å². The number of carbonyl (C=O) groups is 2. The van der Waals surface area contributed by atoms with E-state index in [-0.39, 0.29) is 11.8 Å². The number of hydrogen-bond acceptors (Lipinski definition) is 3. The molecular formula is C21H19BrN4O2. The minimum Gasteiger partial charge on any atom is -0.312 e. The molecule has 0 spiro atoms. The third kappa shape index (κ3) is 3.99. The van der Waals surface area contributed by atoms with E-state index in [1.807, 2.05) is 36.4 Å². The number of aromatic nitrogens is 2. The lowest BCUT2D eigenvalue weighted by Gasteiger charge is -2.16. The molecule has 2 aromatic carbocycles. The van der Waals surface area contributed by atoms with Gasteiger partial charge in [0.2, 0.25) is 5.91 Å². The minimum atomic E-state index is -0.213. The summed E-state index contributed by atoms with van der Waals surface area (Å²) in [5.41, 5.74) is 2.44. The summed E-state index contributed by atoms with van der Waals surface area (Å²) in [7, 11) is 0. The minimum absolute atomic E-state index is 0.133. The van der Waals surface area contributed by atoms with E-state index in [0.717, 1.165) is 28.7 Å². The van der Waals surface area contributed by atoms with Crippen molar-refractivity contribution in [2.24, 2.45) is 0 Å². The molecule has 4 rings (SSSR count). The first-order valence-electron chi connectivity index (χ1n) is 9.08. The first kappa shape index (κ1) is 18.4. The molecule has 1 aliphatic heterocycles. The highest BCUT2D eigenvalue weighted by atomic mass is 79.9. The van der Waals surface area contributed by atoms with Crippen LogP contribution in [-0.4, -0.2) is 28.1 Å². The van der Waals surface area contributed by atoms with Crippen LogP contribution in [0.1, 0.15) is 28.8 Å². The van der Waals surface area contributed by atoms with Crippen molar-refractivity contribution in [1.29, 1.82) is 0 Å². The van der Waals surface area contributed by atoms with E-state index in [1.54, 1.807) is 34.0 Å². The summed E-state index contributed by atoms with van der Waals surface area (Å²) in [5.74, 6) is 0.549. The lowest BCUT2D eigenvalue weighted by molar-refractivity contribution is -0.117. The predicted molar refractivity (Wildman–Crippen MR) is 111 cm³/mol. The second-order valence-electron chi connectivity index (χ2n) is 6.65. The lowest BCUT2D eigenvalue weighted by atomic mass is 10.2. The molecule has 1 N–H and O–H groups in total. The summed E-state index contributed by atoms with van der Waals surface area (Å²) < 4.78 is 2.75. The Morgan fingerprint density at radius 2 is 1.96 bits per heavy atom. The van der Waals surface area contributed by atoms with Gasteiger partial charge in [0, 0.05) is 34.8 Å². The van der Waals surface area contributed by atoms with Crippen LogP contribution in [0.2, 0.25) is 0 Å². The topological polar surface area (TPSA) is 67.2 Å². The fraction of sp³-hybridized carbons (Fsp3) is 0.190. The van der Waals surface area contributed by atoms with Crippen LogP contribution in [-0.2, 0) is 11.3 Å². The smallest absolute Gasteiger partial charge is 0.256 e. The molecule has 1 aromatic heterocycles. The molecule has 0 atom stereocenters. The number of hydrogen-bond donors (Lipinski definition) is 1. The summed E-state index contributed by atoms with van der Waals surface area (Å²) in [6.07, 6.45) is 3.13. The highest BCUT2D eigenvalue weighted by molar-refractivity contribution is 9.10. The fourth-order valence-corrected chi connectivity index (χ4v) is 3.72. The molecule has 7 heteroatoms. The maximum Gasteiger partial charge on any atom is 0.256 e. The van der Waals surface area contributed by atoms with Crippen LogP contribution in [0.5, 0.6) is 0 Å². The van der Waals surface area contributed by atoms with Crippen LogP contribution in [0.15, 0.2) is 65.3 Å². The molecule has 0 aliphatic carbocycles. The first-order chi connectivity index (χ1) is 13.6. The van der Waals surface area contributed by atoms with Gasteiger partial charge in [0.05, 0.1) is 12.7 Å². The number of halogens is 1. The molecule has 0 radical (unpaired) electrons. The third-order valence-electron chi connectivity index (χ3n) is 4.69. The van der Waals surface area contributed by atoms with E-state index < -0.39 is 0 Å². The quantitative estimate of drug-likeness (QED) is 0.652. The van der Waals surface area contributed by atoms with Gasteiger partial charge in [0.15, 0.2) is 0 Å². The Kier molecular flexibility index (Phi) is 5.25. The Morgan fingerprint density at radius 1 is 1.14 bits per heavy atom. The van der Waals surface area contributed by atoms with Crippen molar-refractivity contribution in [3.8, 4) is 0 Å². The SMILES string of the molecule is O=C(Nc1ccnn1Cc1cccc(Br)c1)c1ccc(N2CCCC2=O)cc1. The van der Waals surface area contributed by atoms with Crippen molar-refractivity contribution in [3.05, 3.63) is 76.4 Å². The van der Waals surface area contributed by atoms with Crippen LogP contribution in [0.3, 0.4) is 0 Å². The summed E-state index contributed by atoms with van der Waals surface area (Å²) in [4.78, 5) is 26.2. The Bertz CT molecular complexity index is 1010. The molecule has 28 heavy (non-hydrogen) atoms. The highest BCUT2D eigenvalue weighted by Crippen LogP contribution is 2.22. The number of benzene rings is 2. The second-order valence-corrected chi connectivity index (χ2v) is 7.57. The molecule has 1 fully saturated rings. The van der Waals surface area contributed by atoms with E-state index in [9.17, 15) is 9.59 Å². The number of nitrogens with zero attached hydrogens (tertiary/aromatic N) is 3. The summed E-state index contributed by atoms with van der Waals surface area (Å²) in [5, 5.41) is 7.21. The van der Waals surface area contributed by atoms with Crippen LogP contribution in [0, 0.1) is 0 Å². The van der Waals surface area contributed by atoms with Crippen molar-refractivity contribution in [3.63, 3.8) is 0 Å². The molecule has 6 nitrogen and oxygen atoms in total. The summed E-state index contributed by atoms with van der Waals surface area (Å²) in [6, 6.07) is 16.8. The van der Waals surface area contributed by atoms with Gasteiger partial charge in [0.25, 0.3) is 5.91 Å². The molecule has 2 amide bonds. The first-order valence-corrected chi connectivity index (χ1v) is 9.87. The average molecular weight is 439 g/mol. The molecular weight excluding hydrogens is 420 g/mol. The van der Waals surface area contributed by atoms with Crippen LogP contribution < -0.4 is 10.2 Å². The van der Waals surface area contributed by atoms with E-state index in [0.29, 0.717) is 24.3 Å². The van der Waals surface area contributed by atoms with Crippen molar-refractivity contribution < 1.29 is 9.59 Å². The zero-order valence-electron chi connectivity index (χ0n) is 15.1. The number of amides is 2. The van der Waals surface area contributed by atoms with Gasteiger partial charge in [-0.2, -0.15) is 5.10 Å². The largest absolute Gasteiger partial charge is 0.312 e. The Hall–Kier alpha value is -2.93. The van der Waals surface area contributed by atoms with Gasteiger partial charge < -0.3 is 10.2 Å². The van der Waals surface area contributed by atoms with Gasteiger partial charge in [-0.15, -0.1) is 0 Å². The van der Waals surface area contributed by atoms with Gasteiger partial charge in [-0.05, 0) is 48.4 Å². The van der Waals surface area contributed by atoms with Crippen molar-refractivity contribution in [2.75, 3.05) is 16.8 Å². The molecule has 0 unspecified atom stereocenters. The van der Waals surface area contributed by atoms with E-state index in [4.69, 9.17) is 0 Å². The van der Waals surface area contributed by atoms with E-state index in [2.05, 4.69) is 26.3 Å². The standard InChI is InChI=1S/C21H19BrN4O2/c22-17-4-1-3-15(13-17)14-26-19(10-11-23-26)24-21(28)16-6-8-18(9-7-16)25-12-2-5-20(25)27/h1,3-4,6-11,13H,2,5,12,14H2,(H,24,28). The number of carbonyl (C=O) groups excluding carboxylic acids is 2. The van der Waals surface area contributed by atoms with Crippen molar-refractivity contribution in [1.82, 2.24) is 9.78 Å². The number of nitrogens with one attached hydrogen (secondary N) is 1. The average Bonchev–Trinajstić information content (AvgIpc) is 3.31. The zero-order chi connectivity index (χ0) is 19.5. The predicted octanol–water partition coefficient (Wildman–Crippen LogP) is 4.07. The summed E-state index contributed by atoms with van der Waals surface area (Å²) >= 11 is 3.47. The molecule has 2 heterocycles. The van der Waals surface area contributed by atoms with E-state index in [1.165, 1.54) is 0 Å². The van der Waals surface area contributed by atoms with Crippen molar-refractivity contribution in [2.45, 2.75) is 19.4 Å². The van der Waals surface area contributed by atoms with Gasteiger partial charge in [0.1, 0.15) is 5.82 Å². The molecule has 3 aromatic rings. The van der Waals surface area contributed by atoms with Gasteiger partial charge in [-0.25, -0.2) is 4.68 Å². The zero-order valence-corrected chi connectivity index (χ0v) is 16.7. The van der Waals surface area contributed by atoms with Crippen LogP contribution >= 0.6 is 15.9 Å². The summed E-state index contributed by atoms with van der Waals surface area (Å²) in [6.45, 7) is 1.29. The van der Waals surface area contributed by atoms with Gasteiger partial charge >= 0.3 is 0 Å². The Balaban J connectivity index is 1.45. The van der Waals surface area contributed by atoms with Crippen LogP contribution in [0.25, 0.3) is 0 Å². The Labute approximate surface area is 171 Å². The lowest BCUT2D eigenvalue weighted by Crippen LogP contribution is -2.23. The molecule has 1 aliphatic rings. The number of rotatable bonds is 5. The Morgan fingerprint density at radius 3 is 2.68 bits per heavy atom. The van der Waals surface area contributed by atoms with Crippen molar-refractivity contribution >= 4 is 39.2 Å². The maximum atomic E-state index is 12.6. The monoisotopic (exact) mass is 438 g/mol. The molecule has 1 saturated heterocycles. The maximum absolute atomic E-state index is 12.6. The van der Waals surface area contributed by atoms with Crippen LogP contribution in [0.4, 0.5) is 11.5 Å². The fourth-order valence-electron chi connectivity index (χ4n) is 3.28. The third-order valence-corrected chi connectivity index (χ3v) is 5.19. The normalized spacial score (nSPS) is 13.8. The highest BCUT2D eigenvalue weighted by Gasteiger charge is 2.21.